The molecule has 0 bridgehead atoms. The number of aliphatic hydroxyl groups excluding tert-OH is 1. The fourth-order valence-electron chi connectivity index (χ4n) is 0.609. The first-order valence-electron chi connectivity index (χ1n) is 6.15. The fourth-order valence-corrected chi connectivity index (χ4v) is 0.609. The third-order valence-corrected chi connectivity index (χ3v) is 1.97. The molecule has 0 aliphatic carbocycles. The summed E-state index contributed by atoms with van der Waals surface area (Å²) in [7, 11) is 0. The molecule has 0 saturated carbocycles. The van der Waals surface area contributed by atoms with Gasteiger partial charge in [-0.3, -0.25) is 19.2 Å². The maximum absolute atomic E-state index is 9.99. The Morgan fingerprint density at radius 3 is 1.43 bits per heavy atom. The average molecular weight is 341 g/mol. The summed E-state index contributed by atoms with van der Waals surface area (Å²) in [6.07, 6.45) is -1.20. The zero-order chi connectivity index (χ0) is 19.2. The third kappa shape index (κ3) is 22.1. The van der Waals surface area contributed by atoms with Gasteiger partial charge < -0.3 is 42.7 Å². The molecule has 0 aliphatic heterocycles. The minimum Gasteiger partial charge on any atom is -0.481 e. The van der Waals surface area contributed by atoms with Crippen LogP contribution in [0, 0.1) is 0 Å². The van der Waals surface area contributed by atoms with Crippen LogP contribution in [0.3, 0.4) is 0 Å². The van der Waals surface area contributed by atoms with E-state index in [0.717, 1.165) is 0 Å². The highest BCUT2D eigenvalue weighted by Gasteiger charge is 2.16. The van der Waals surface area contributed by atoms with Gasteiger partial charge in [-0.15, -0.1) is 0 Å². The number of carboxylic acids is 4. The van der Waals surface area contributed by atoms with E-state index in [9.17, 15) is 19.2 Å². The van der Waals surface area contributed by atoms with Crippen molar-refractivity contribution in [2.75, 3.05) is 6.54 Å². The van der Waals surface area contributed by atoms with Crippen LogP contribution in [0.2, 0.25) is 0 Å². The molecule has 0 aliphatic rings. The van der Waals surface area contributed by atoms with Crippen molar-refractivity contribution in [3.05, 3.63) is 0 Å². The monoisotopic (exact) mass is 341 g/mol. The van der Waals surface area contributed by atoms with E-state index in [0.29, 0.717) is 0 Å². The standard InChI is InChI=1S/C5H9NO4.C4H9NO3.C2H5NO2/c6-3(5(9)10)1-2-4(7)8;1-2(6)3(5)4(7)8;3-1-2(4)5/h3H,1-2,6H2,(H,7,8)(H,9,10);2-3,6H,5H2,1H3,(H,7,8);1,3H2,(H,4,5). The average Bonchev–Trinajstić information content (AvgIpc) is 2.44. The molecule has 0 saturated heterocycles. The van der Waals surface area contributed by atoms with Gasteiger partial charge in [-0.25, -0.2) is 0 Å². The normalized spacial score (nSPS) is 13.1. The lowest BCUT2D eigenvalue weighted by molar-refractivity contribution is -0.141. The van der Waals surface area contributed by atoms with Crippen LogP contribution >= 0.6 is 0 Å². The van der Waals surface area contributed by atoms with Crippen LogP contribution in [-0.2, 0) is 19.2 Å². The molecule has 0 fully saturated rings. The smallest absolute Gasteiger partial charge is 0.323 e. The first-order valence-corrected chi connectivity index (χ1v) is 6.15. The van der Waals surface area contributed by atoms with Gasteiger partial charge in [-0.05, 0) is 13.3 Å². The van der Waals surface area contributed by atoms with Crippen molar-refractivity contribution in [2.45, 2.75) is 38.0 Å². The lowest BCUT2D eigenvalue weighted by Gasteiger charge is -2.06. The number of carbonyl (C=O) groups is 4. The maximum atomic E-state index is 9.99. The second-order valence-electron chi connectivity index (χ2n) is 4.08. The van der Waals surface area contributed by atoms with Gasteiger partial charge in [0.1, 0.15) is 12.1 Å². The first kappa shape index (κ1) is 25.7. The van der Waals surface area contributed by atoms with Gasteiger partial charge in [0.25, 0.3) is 0 Å². The number of nitrogens with two attached hydrogens (primary N) is 3. The molecule has 0 heterocycles. The third-order valence-electron chi connectivity index (χ3n) is 1.97. The molecule has 136 valence electrons. The van der Waals surface area contributed by atoms with Crippen molar-refractivity contribution in [1.82, 2.24) is 0 Å². The summed E-state index contributed by atoms with van der Waals surface area (Å²) in [5.41, 5.74) is 14.5. The van der Waals surface area contributed by atoms with E-state index in [-0.39, 0.29) is 19.4 Å². The van der Waals surface area contributed by atoms with E-state index in [1.54, 1.807) is 0 Å². The number of hydrogen-bond acceptors (Lipinski definition) is 8. The highest BCUT2D eigenvalue weighted by Crippen LogP contribution is 1.93. The zero-order valence-corrected chi connectivity index (χ0v) is 12.5. The molecule has 0 aromatic heterocycles. The molecule has 12 nitrogen and oxygen atoms in total. The van der Waals surface area contributed by atoms with Crippen LogP contribution in [0.25, 0.3) is 0 Å². The molecule has 0 aromatic rings. The Morgan fingerprint density at radius 2 is 1.30 bits per heavy atom. The Hall–Kier alpha value is -2.28. The van der Waals surface area contributed by atoms with Crippen molar-refractivity contribution in [1.29, 1.82) is 0 Å². The summed E-state index contributed by atoms with van der Waals surface area (Å²) in [5.74, 6) is -4.34. The molecule has 0 rings (SSSR count). The van der Waals surface area contributed by atoms with Crippen LogP contribution in [0.1, 0.15) is 19.8 Å². The van der Waals surface area contributed by atoms with Gasteiger partial charge in [0.15, 0.2) is 0 Å². The van der Waals surface area contributed by atoms with Gasteiger partial charge >= 0.3 is 23.9 Å². The van der Waals surface area contributed by atoms with Gasteiger partial charge in [-0.1, -0.05) is 0 Å². The molecule has 11 N–H and O–H groups in total. The number of hydrogen-bond donors (Lipinski definition) is 8. The number of rotatable bonds is 7. The molecule has 0 spiro atoms. The van der Waals surface area contributed by atoms with E-state index >= 15 is 0 Å². The molecule has 0 radical (unpaired) electrons. The molecule has 0 amide bonds. The topological polar surface area (TPSA) is 247 Å². The lowest BCUT2D eigenvalue weighted by atomic mass is 10.2. The van der Waals surface area contributed by atoms with Crippen LogP contribution in [0.5, 0.6) is 0 Å². The first-order chi connectivity index (χ1) is 10.4. The predicted molar refractivity (Wildman–Crippen MR) is 76.5 cm³/mol. The van der Waals surface area contributed by atoms with Gasteiger partial charge in [-0.2, -0.15) is 0 Å². The molecule has 0 aromatic carbocycles. The van der Waals surface area contributed by atoms with E-state index < -0.39 is 42.1 Å². The highest BCUT2D eigenvalue weighted by molar-refractivity contribution is 5.74. The second kappa shape index (κ2) is 14.6. The second-order valence-corrected chi connectivity index (χ2v) is 4.08. The quantitative estimate of drug-likeness (QED) is 0.232. The Bertz CT molecular complexity index is 387. The summed E-state index contributed by atoms with van der Waals surface area (Å²) in [6.45, 7) is 1.05. The summed E-state index contributed by atoms with van der Waals surface area (Å²) in [6, 6.07) is -2.22. The summed E-state index contributed by atoms with van der Waals surface area (Å²) in [5, 5.41) is 40.4. The van der Waals surface area contributed by atoms with E-state index in [2.05, 4.69) is 5.73 Å². The predicted octanol–water partition coefficient (Wildman–Crippen LogP) is -2.93. The van der Waals surface area contributed by atoms with Crippen molar-refractivity contribution in [3.63, 3.8) is 0 Å². The minimum absolute atomic E-state index is 0.0231. The molecule has 12 heteroatoms. The fraction of sp³-hybridized carbons (Fsp3) is 0.636. The lowest BCUT2D eigenvalue weighted by Crippen LogP contribution is -2.39. The van der Waals surface area contributed by atoms with Crippen molar-refractivity contribution >= 4 is 23.9 Å². The highest BCUT2D eigenvalue weighted by atomic mass is 16.4. The summed E-state index contributed by atoms with van der Waals surface area (Å²) in [4.78, 5) is 39.0. The summed E-state index contributed by atoms with van der Waals surface area (Å²) < 4.78 is 0. The minimum atomic E-state index is -1.18. The number of aliphatic hydroxyl groups is 1. The van der Waals surface area contributed by atoms with Gasteiger partial charge in [0.2, 0.25) is 0 Å². The van der Waals surface area contributed by atoms with E-state index in [4.69, 9.17) is 37.0 Å². The van der Waals surface area contributed by atoms with Gasteiger partial charge in [0.05, 0.1) is 12.6 Å². The number of carboxylic acid groups (broad SMARTS) is 4. The Morgan fingerprint density at radius 1 is 0.913 bits per heavy atom. The van der Waals surface area contributed by atoms with E-state index in [1.165, 1.54) is 6.92 Å². The summed E-state index contributed by atoms with van der Waals surface area (Å²) >= 11 is 0. The van der Waals surface area contributed by atoms with Crippen LogP contribution in [-0.4, -0.2) is 74.1 Å². The van der Waals surface area contributed by atoms with Crippen molar-refractivity contribution in [3.8, 4) is 0 Å². The molecule has 3 atom stereocenters. The maximum Gasteiger partial charge on any atom is 0.323 e. The van der Waals surface area contributed by atoms with Crippen LogP contribution in [0.4, 0.5) is 0 Å². The molecular weight excluding hydrogens is 318 g/mol. The Balaban J connectivity index is -0.000000276. The van der Waals surface area contributed by atoms with Crippen LogP contribution in [0.15, 0.2) is 0 Å². The molecular formula is C11H23N3O9. The van der Waals surface area contributed by atoms with E-state index in [1.807, 2.05) is 0 Å². The molecule has 23 heavy (non-hydrogen) atoms. The SMILES string of the molecule is CC(O)C(N)C(=O)O.NC(CCC(=O)O)C(=O)O.NCC(=O)O. The van der Waals surface area contributed by atoms with Gasteiger partial charge in [0, 0.05) is 6.42 Å². The van der Waals surface area contributed by atoms with Crippen molar-refractivity contribution < 1.29 is 44.7 Å². The number of aliphatic carboxylic acids is 4. The Labute approximate surface area is 131 Å². The zero-order valence-electron chi connectivity index (χ0n) is 12.5. The Kier molecular flexibility index (Phi) is 16.3. The molecule has 3 unspecified atom stereocenters. The largest absolute Gasteiger partial charge is 0.481 e. The van der Waals surface area contributed by atoms with Crippen molar-refractivity contribution in [2.24, 2.45) is 17.2 Å². The van der Waals surface area contributed by atoms with Crippen LogP contribution < -0.4 is 17.2 Å².